The van der Waals surface area contributed by atoms with E-state index in [0.717, 1.165) is 10.4 Å². The van der Waals surface area contributed by atoms with Crippen molar-refractivity contribution in [1.82, 2.24) is 0 Å². The van der Waals surface area contributed by atoms with Crippen LogP contribution in [0.3, 0.4) is 0 Å². The Morgan fingerprint density at radius 3 is 2.35 bits per heavy atom. The predicted molar refractivity (Wildman–Crippen MR) is 89.4 cm³/mol. The zero-order valence-corrected chi connectivity index (χ0v) is 14.0. The molecule has 0 aliphatic carbocycles. The van der Waals surface area contributed by atoms with Crippen LogP contribution < -0.4 is 20.5 Å². The molecule has 0 spiro atoms. The molecule has 23 heavy (non-hydrogen) atoms. The molecule has 0 aliphatic rings. The smallest absolute Gasteiger partial charge is 0.262 e. The SMILES string of the molecule is COc1ccc(OCC(=O)Nc2sc(C)c(C)c2C(N)=O)cc1. The van der Waals surface area contributed by atoms with Crippen molar-refractivity contribution in [2.45, 2.75) is 13.8 Å². The second kappa shape index (κ2) is 7.15. The molecule has 1 aromatic carbocycles. The molecule has 122 valence electrons. The van der Waals surface area contributed by atoms with Crippen molar-refractivity contribution in [3.8, 4) is 11.5 Å². The van der Waals surface area contributed by atoms with Gasteiger partial charge < -0.3 is 20.5 Å². The van der Waals surface area contributed by atoms with Crippen LogP contribution in [0.15, 0.2) is 24.3 Å². The summed E-state index contributed by atoms with van der Waals surface area (Å²) >= 11 is 1.32. The highest BCUT2D eigenvalue weighted by Crippen LogP contribution is 2.31. The van der Waals surface area contributed by atoms with E-state index in [9.17, 15) is 9.59 Å². The molecule has 2 rings (SSSR count). The molecule has 6 nitrogen and oxygen atoms in total. The number of primary amides is 1. The average molecular weight is 334 g/mol. The van der Waals surface area contributed by atoms with E-state index in [4.69, 9.17) is 15.2 Å². The number of carbonyl (C=O) groups excluding carboxylic acids is 2. The van der Waals surface area contributed by atoms with Gasteiger partial charge in [0.25, 0.3) is 11.8 Å². The number of anilines is 1. The summed E-state index contributed by atoms with van der Waals surface area (Å²) in [6.07, 6.45) is 0. The monoisotopic (exact) mass is 334 g/mol. The largest absolute Gasteiger partial charge is 0.497 e. The quantitative estimate of drug-likeness (QED) is 0.849. The van der Waals surface area contributed by atoms with E-state index >= 15 is 0 Å². The summed E-state index contributed by atoms with van der Waals surface area (Å²) < 4.78 is 10.4. The van der Waals surface area contributed by atoms with Gasteiger partial charge in [0.15, 0.2) is 6.61 Å². The van der Waals surface area contributed by atoms with Gasteiger partial charge in [0.05, 0.1) is 12.7 Å². The number of hydrogen-bond acceptors (Lipinski definition) is 5. The second-order valence-electron chi connectivity index (χ2n) is 4.86. The van der Waals surface area contributed by atoms with Gasteiger partial charge in [-0.25, -0.2) is 0 Å². The predicted octanol–water partition coefficient (Wildman–Crippen LogP) is 2.49. The van der Waals surface area contributed by atoms with Crippen molar-refractivity contribution in [3.05, 3.63) is 40.3 Å². The van der Waals surface area contributed by atoms with Gasteiger partial charge in [0, 0.05) is 4.88 Å². The van der Waals surface area contributed by atoms with Gasteiger partial charge in [-0.2, -0.15) is 0 Å². The number of aryl methyl sites for hydroxylation is 1. The van der Waals surface area contributed by atoms with Crippen LogP contribution >= 0.6 is 11.3 Å². The molecule has 7 heteroatoms. The summed E-state index contributed by atoms with van der Waals surface area (Å²) in [4.78, 5) is 24.4. The van der Waals surface area contributed by atoms with Gasteiger partial charge in [-0.1, -0.05) is 0 Å². The minimum absolute atomic E-state index is 0.166. The molecule has 1 heterocycles. The second-order valence-corrected chi connectivity index (χ2v) is 6.09. The molecule has 0 saturated carbocycles. The Balaban J connectivity index is 1.99. The van der Waals surface area contributed by atoms with E-state index < -0.39 is 5.91 Å². The normalized spacial score (nSPS) is 10.2. The summed E-state index contributed by atoms with van der Waals surface area (Å²) in [5.74, 6) is 0.342. The van der Waals surface area contributed by atoms with E-state index in [-0.39, 0.29) is 12.5 Å². The molecule has 0 aliphatic heterocycles. The molecule has 0 fully saturated rings. The standard InChI is InChI=1S/C16H18N2O4S/c1-9-10(2)23-16(14(9)15(17)20)18-13(19)8-22-12-6-4-11(21-3)5-7-12/h4-7H,8H2,1-3H3,(H2,17,20)(H,18,19). The highest BCUT2D eigenvalue weighted by Gasteiger charge is 2.19. The van der Waals surface area contributed by atoms with Crippen LogP contribution in [0, 0.1) is 13.8 Å². The van der Waals surface area contributed by atoms with Crippen LogP contribution in [-0.4, -0.2) is 25.5 Å². The van der Waals surface area contributed by atoms with E-state index in [0.29, 0.717) is 22.1 Å². The third-order valence-electron chi connectivity index (χ3n) is 3.31. The average Bonchev–Trinajstić information content (AvgIpc) is 2.80. The minimum atomic E-state index is -0.557. The Kier molecular flexibility index (Phi) is 5.23. The van der Waals surface area contributed by atoms with Crippen molar-refractivity contribution >= 4 is 28.2 Å². The van der Waals surface area contributed by atoms with E-state index in [1.165, 1.54) is 11.3 Å². The maximum atomic E-state index is 12.0. The molecule has 0 radical (unpaired) electrons. The number of methoxy groups -OCH3 is 1. The van der Waals surface area contributed by atoms with Crippen molar-refractivity contribution in [2.24, 2.45) is 5.73 Å². The van der Waals surface area contributed by atoms with Crippen molar-refractivity contribution in [2.75, 3.05) is 19.0 Å². The van der Waals surface area contributed by atoms with Crippen molar-refractivity contribution in [3.63, 3.8) is 0 Å². The fourth-order valence-corrected chi connectivity index (χ4v) is 3.08. The number of thiophene rings is 1. The molecule has 2 aromatic rings. The zero-order chi connectivity index (χ0) is 17.0. The lowest BCUT2D eigenvalue weighted by Gasteiger charge is -2.08. The number of carbonyl (C=O) groups is 2. The highest BCUT2D eigenvalue weighted by molar-refractivity contribution is 7.16. The molecular weight excluding hydrogens is 316 g/mol. The zero-order valence-electron chi connectivity index (χ0n) is 13.1. The Bertz CT molecular complexity index is 722. The van der Waals surface area contributed by atoms with Crippen LogP contribution in [-0.2, 0) is 4.79 Å². The maximum Gasteiger partial charge on any atom is 0.262 e. The topological polar surface area (TPSA) is 90.7 Å². The Morgan fingerprint density at radius 2 is 1.78 bits per heavy atom. The molecule has 1 aromatic heterocycles. The molecule has 0 bridgehead atoms. The third-order valence-corrected chi connectivity index (χ3v) is 4.44. The van der Waals surface area contributed by atoms with E-state index in [1.807, 2.05) is 6.92 Å². The van der Waals surface area contributed by atoms with Crippen LogP contribution in [0.5, 0.6) is 11.5 Å². The van der Waals surface area contributed by atoms with Gasteiger partial charge in [-0.3, -0.25) is 9.59 Å². The van der Waals surface area contributed by atoms with Crippen LogP contribution in [0.4, 0.5) is 5.00 Å². The van der Waals surface area contributed by atoms with Crippen LogP contribution in [0.2, 0.25) is 0 Å². The lowest BCUT2D eigenvalue weighted by atomic mass is 10.1. The number of benzene rings is 1. The number of rotatable bonds is 6. The number of amides is 2. The fourth-order valence-electron chi connectivity index (χ4n) is 2.00. The van der Waals surface area contributed by atoms with Crippen LogP contribution in [0.1, 0.15) is 20.8 Å². The number of nitrogens with two attached hydrogens (primary N) is 1. The lowest BCUT2D eigenvalue weighted by Crippen LogP contribution is -2.22. The third kappa shape index (κ3) is 4.01. The molecular formula is C16H18N2O4S. The highest BCUT2D eigenvalue weighted by atomic mass is 32.1. The molecule has 0 atom stereocenters. The summed E-state index contributed by atoms with van der Waals surface area (Å²) in [6.45, 7) is 3.51. The molecule has 3 N–H and O–H groups in total. The number of ether oxygens (including phenoxy) is 2. The summed E-state index contributed by atoms with van der Waals surface area (Å²) in [7, 11) is 1.57. The van der Waals surface area contributed by atoms with Crippen molar-refractivity contribution in [1.29, 1.82) is 0 Å². The lowest BCUT2D eigenvalue weighted by molar-refractivity contribution is -0.118. The number of nitrogens with one attached hydrogen (secondary N) is 1. The maximum absolute atomic E-state index is 12.0. The van der Waals surface area contributed by atoms with Gasteiger partial charge in [-0.05, 0) is 43.7 Å². The van der Waals surface area contributed by atoms with Gasteiger partial charge in [0.2, 0.25) is 0 Å². The van der Waals surface area contributed by atoms with Crippen LogP contribution in [0.25, 0.3) is 0 Å². The van der Waals surface area contributed by atoms with Crippen molar-refractivity contribution < 1.29 is 19.1 Å². The Hall–Kier alpha value is -2.54. The first-order chi connectivity index (χ1) is 10.9. The molecule has 2 amide bonds. The first-order valence-corrected chi connectivity index (χ1v) is 7.70. The first-order valence-electron chi connectivity index (χ1n) is 6.89. The molecule has 0 saturated heterocycles. The summed E-state index contributed by atoms with van der Waals surface area (Å²) in [5.41, 5.74) is 6.51. The fraction of sp³-hybridized carbons (Fsp3) is 0.250. The molecule has 0 unspecified atom stereocenters. The first kappa shape index (κ1) is 16.8. The van der Waals surface area contributed by atoms with Gasteiger partial charge in [0.1, 0.15) is 16.5 Å². The van der Waals surface area contributed by atoms with E-state index in [2.05, 4.69) is 5.32 Å². The summed E-state index contributed by atoms with van der Waals surface area (Å²) in [5, 5.41) is 3.13. The Morgan fingerprint density at radius 1 is 1.17 bits per heavy atom. The van der Waals surface area contributed by atoms with E-state index in [1.54, 1.807) is 38.3 Å². The van der Waals surface area contributed by atoms with Gasteiger partial charge >= 0.3 is 0 Å². The Labute approximate surface area is 138 Å². The summed E-state index contributed by atoms with van der Waals surface area (Å²) in [6, 6.07) is 6.90. The minimum Gasteiger partial charge on any atom is -0.497 e. The number of hydrogen-bond donors (Lipinski definition) is 2. The van der Waals surface area contributed by atoms with Gasteiger partial charge in [-0.15, -0.1) is 11.3 Å².